The molecule has 0 saturated carbocycles. The Kier molecular flexibility index (Phi) is 39.3. The van der Waals surface area contributed by atoms with Crippen molar-refractivity contribution in [2.45, 2.75) is 155 Å². The monoisotopic (exact) mass is 831 g/mol. The molecule has 0 aromatic carbocycles. The summed E-state index contributed by atoms with van der Waals surface area (Å²) in [7, 11) is 1.61. The second-order valence-electron chi connectivity index (χ2n) is 15.7. The molecule has 0 spiro atoms. The van der Waals surface area contributed by atoms with Gasteiger partial charge in [0.1, 0.15) is 19.3 Å². The quantitative estimate of drug-likeness (QED) is 0.0216. The maximum Gasteiger partial charge on any atom is 0.472 e. The third-order valence-electron chi connectivity index (χ3n) is 8.88. The minimum atomic E-state index is -4.30. The number of unbranched alkanes of at least 4 members (excludes halogenated alkanes) is 10. The molecule has 0 rings (SSSR count). The van der Waals surface area contributed by atoms with E-state index in [1.54, 1.807) is 0 Å². The Bertz CT molecular complexity index is 1240. The van der Waals surface area contributed by atoms with Crippen LogP contribution in [0.15, 0.2) is 97.2 Å². The van der Waals surface area contributed by atoms with E-state index in [-0.39, 0.29) is 32.2 Å². The first-order chi connectivity index (χ1) is 28.1. The maximum atomic E-state index is 12.7. The predicted molar refractivity (Wildman–Crippen MR) is 247 cm³/mol. The third-order valence-corrected chi connectivity index (χ3v) is 9.86. The Balaban J connectivity index is 4.36. The molecule has 2 atom stereocenters. The molecule has 0 heterocycles. The lowest BCUT2D eigenvalue weighted by atomic mass is 10.1. The van der Waals surface area contributed by atoms with Crippen molar-refractivity contribution in [2.24, 2.45) is 0 Å². The number of phosphoric ester groups is 1. The summed E-state index contributed by atoms with van der Waals surface area (Å²) in [5.74, 6) is -0.378. The lowest BCUT2D eigenvalue weighted by Crippen LogP contribution is -2.37. The van der Waals surface area contributed by atoms with E-state index in [2.05, 4.69) is 111 Å². The third kappa shape index (κ3) is 44.5. The molecule has 2 unspecified atom stereocenters. The largest absolute Gasteiger partial charge is 0.472 e. The highest BCUT2D eigenvalue weighted by molar-refractivity contribution is 7.47. The second-order valence-corrected chi connectivity index (χ2v) is 17.1. The standard InChI is InChI=1S/C49H84NO7P/c1-6-8-10-12-14-16-18-20-21-22-23-24-25-26-27-28-29-30-32-34-36-38-40-42-49(51)57-48(47-56-58(52,53)55-45-43-50(3,4)5)46-54-44-41-39-37-35-33-31-19-17-15-13-11-9-7-2/h8,10,14-17,20-21,23-24,26-27,29-30,34,36,48H,6-7,9,11-13,18-19,22,25,28,31-33,35,37-47H2,1-5H3/p+1/b10-8-,16-14-,17-15-,21-20-,24-23-,27-26-,30-29-,36-34-. The Labute approximate surface area is 356 Å². The van der Waals surface area contributed by atoms with Gasteiger partial charge in [-0.25, -0.2) is 4.57 Å². The van der Waals surface area contributed by atoms with E-state index in [0.29, 0.717) is 24.1 Å². The van der Waals surface area contributed by atoms with Crippen LogP contribution >= 0.6 is 7.82 Å². The van der Waals surface area contributed by atoms with E-state index < -0.39 is 13.9 Å². The number of hydrogen-bond acceptors (Lipinski definition) is 6. The summed E-state index contributed by atoms with van der Waals surface area (Å²) in [4.78, 5) is 22.9. The zero-order chi connectivity index (χ0) is 42.7. The number of ether oxygens (including phenoxy) is 2. The van der Waals surface area contributed by atoms with Gasteiger partial charge in [-0.05, 0) is 89.9 Å². The number of carbonyl (C=O) groups is 1. The fourth-order valence-corrected chi connectivity index (χ4v) is 6.16. The Hall–Kier alpha value is -2.58. The zero-order valence-electron chi connectivity index (χ0n) is 37.5. The van der Waals surface area contributed by atoms with Gasteiger partial charge in [0.2, 0.25) is 0 Å². The van der Waals surface area contributed by atoms with E-state index in [1.807, 2.05) is 21.1 Å². The molecule has 58 heavy (non-hydrogen) atoms. The van der Waals surface area contributed by atoms with Gasteiger partial charge in [0.25, 0.3) is 0 Å². The van der Waals surface area contributed by atoms with Gasteiger partial charge < -0.3 is 18.9 Å². The average Bonchev–Trinajstić information content (AvgIpc) is 3.18. The number of esters is 1. The molecule has 0 fully saturated rings. The van der Waals surface area contributed by atoms with E-state index in [4.69, 9.17) is 18.5 Å². The van der Waals surface area contributed by atoms with Crippen LogP contribution in [-0.2, 0) is 27.9 Å². The molecular formula is C49H85NO7P+. The summed E-state index contributed by atoms with van der Waals surface area (Å²) in [6, 6.07) is 0. The summed E-state index contributed by atoms with van der Waals surface area (Å²) >= 11 is 0. The summed E-state index contributed by atoms with van der Waals surface area (Å²) < 4.78 is 34.9. The van der Waals surface area contributed by atoms with Crippen molar-refractivity contribution in [2.75, 3.05) is 54.1 Å². The van der Waals surface area contributed by atoms with Crippen LogP contribution in [0, 0.1) is 0 Å². The molecule has 0 aromatic rings. The Morgan fingerprint density at radius 1 is 0.552 bits per heavy atom. The summed E-state index contributed by atoms with van der Waals surface area (Å²) in [5, 5.41) is 0. The van der Waals surface area contributed by atoms with Crippen LogP contribution in [0.1, 0.15) is 149 Å². The van der Waals surface area contributed by atoms with Gasteiger partial charge in [-0.2, -0.15) is 0 Å². The highest BCUT2D eigenvalue weighted by Gasteiger charge is 2.26. The van der Waals surface area contributed by atoms with E-state index in [9.17, 15) is 14.3 Å². The van der Waals surface area contributed by atoms with Gasteiger partial charge in [0, 0.05) is 13.0 Å². The Morgan fingerprint density at radius 3 is 1.52 bits per heavy atom. The molecular weight excluding hydrogens is 746 g/mol. The molecule has 9 heteroatoms. The number of carbonyl (C=O) groups excluding carboxylic acids is 1. The molecule has 0 saturated heterocycles. The number of rotatable bonds is 40. The minimum absolute atomic E-state index is 0.0710. The average molecular weight is 831 g/mol. The first-order valence-electron chi connectivity index (χ1n) is 22.5. The van der Waals surface area contributed by atoms with Crippen LogP contribution in [0.25, 0.3) is 0 Å². The van der Waals surface area contributed by atoms with Gasteiger partial charge >= 0.3 is 13.8 Å². The SMILES string of the molecule is CC/C=C\C/C=C\C/C=C\C/C=C\C/C=C\C/C=C\C/C=C\CCCC(=O)OC(COCCCCCCCC/C=C\CCCCC)COP(=O)(O)OCC[N+](C)(C)C. The van der Waals surface area contributed by atoms with Crippen LogP contribution in [-0.4, -0.2) is 75.6 Å². The highest BCUT2D eigenvalue weighted by Crippen LogP contribution is 2.43. The number of allylic oxidation sites excluding steroid dienone is 16. The van der Waals surface area contributed by atoms with Crippen molar-refractivity contribution in [3.8, 4) is 0 Å². The zero-order valence-corrected chi connectivity index (χ0v) is 38.4. The number of hydrogen-bond donors (Lipinski definition) is 1. The molecule has 332 valence electrons. The van der Waals surface area contributed by atoms with Crippen LogP contribution < -0.4 is 0 Å². The van der Waals surface area contributed by atoms with Crippen LogP contribution in [0.2, 0.25) is 0 Å². The molecule has 0 aromatic heterocycles. The van der Waals surface area contributed by atoms with E-state index >= 15 is 0 Å². The lowest BCUT2D eigenvalue weighted by Gasteiger charge is -2.24. The summed E-state index contributed by atoms with van der Waals surface area (Å²) in [6.07, 6.45) is 55.9. The van der Waals surface area contributed by atoms with Gasteiger partial charge in [-0.3, -0.25) is 13.8 Å². The van der Waals surface area contributed by atoms with Crippen molar-refractivity contribution >= 4 is 13.8 Å². The van der Waals surface area contributed by atoms with E-state index in [1.165, 1.54) is 57.8 Å². The second kappa shape index (κ2) is 41.2. The summed E-state index contributed by atoms with van der Waals surface area (Å²) in [5.41, 5.74) is 0. The smallest absolute Gasteiger partial charge is 0.457 e. The molecule has 1 N–H and O–H groups in total. The molecule has 0 aliphatic carbocycles. The molecule has 0 aliphatic rings. The molecule has 8 nitrogen and oxygen atoms in total. The van der Waals surface area contributed by atoms with Gasteiger partial charge in [-0.15, -0.1) is 0 Å². The highest BCUT2D eigenvalue weighted by atomic mass is 31.2. The maximum absolute atomic E-state index is 12.7. The van der Waals surface area contributed by atoms with Gasteiger partial charge in [0.05, 0.1) is 34.4 Å². The van der Waals surface area contributed by atoms with Crippen molar-refractivity contribution in [3.05, 3.63) is 97.2 Å². The number of likely N-dealkylation sites (N-methyl/N-ethyl adjacent to an activating group) is 1. The van der Waals surface area contributed by atoms with Crippen LogP contribution in [0.3, 0.4) is 0 Å². The summed E-state index contributed by atoms with van der Waals surface area (Å²) in [6.45, 7) is 5.36. The van der Waals surface area contributed by atoms with Crippen molar-refractivity contribution < 1.29 is 37.3 Å². The Morgan fingerprint density at radius 2 is 1.00 bits per heavy atom. The number of nitrogens with zero attached hydrogens (tertiary/aromatic N) is 1. The fourth-order valence-electron chi connectivity index (χ4n) is 5.42. The van der Waals surface area contributed by atoms with Crippen molar-refractivity contribution in [3.63, 3.8) is 0 Å². The van der Waals surface area contributed by atoms with E-state index in [0.717, 1.165) is 64.2 Å². The van der Waals surface area contributed by atoms with Crippen LogP contribution in [0.5, 0.6) is 0 Å². The van der Waals surface area contributed by atoms with Crippen molar-refractivity contribution in [1.82, 2.24) is 0 Å². The van der Waals surface area contributed by atoms with Crippen LogP contribution in [0.4, 0.5) is 0 Å². The number of phosphoric acid groups is 1. The predicted octanol–water partition coefficient (Wildman–Crippen LogP) is 13.4. The molecule has 0 aliphatic heterocycles. The molecule has 0 radical (unpaired) electrons. The normalized spacial score (nSPS) is 14.7. The minimum Gasteiger partial charge on any atom is -0.457 e. The lowest BCUT2D eigenvalue weighted by molar-refractivity contribution is -0.870. The fraction of sp³-hybridized carbons (Fsp3) is 0.653. The topological polar surface area (TPSA) is 91.3 Å². The first kappa shape index (κ1) is 55.4. The molecule has 0 amide bonds. The molecule has 0 bridgehead atoms. The van der Waals surface area contributed by atoms with Gasteiger partial charge in [-0.1, -0.05) is 150 Å². The van der Waals surface area contributed by atoms with Crippen molar-refractivity contribution in [1.29, 1.82) is 0 Å². The number of quaternary nitrogens is 1. The first-order valence-corrected chi connectivity index (χ1v) is 24.0. The van der Waals surface area contributed by atoms with Gasteiger partial charge in [0.15, 0.2) is 0 Å².